The van der Waals surface area contributed by atoms with Crippen molar-refractivity contribution in [1.29, 1.82) is 0 Å². The largest absolute Gasteiger partial charge is 0.493 e. The number of amides is 1. The van der Waals surface area contributed by atoms with E-state index in [1.54, 1.807) is 31.5 Å². The molecular weight excluding hydrogens is 318 g/mol. The quantitative estimate of drug-likeness (QED) is 0.904. The number of hydrogen-bond acceptors (Lipinski definition) is 5. The number of piperazine rings is 1. The molecule has 1 amide bonds. The van der Waals surface area contributed by atoms with Crippen LogP contribution in [0, 0.1) is 0 Å². The Kier molecular flexibility index (Phi) is 5.50. The van der Waals surface area contributed by atoms with Gasteiger partial charge in [0.15, 0.2) is 11.5 Å². The fourth-order valence-corrected chi connectivity index (χ4v) is 3.06. The van der Waals surface area contributed by atoms with Gasteiger partial charge in [-0.15, -0.1) is 0 Å². The van der Waals surface area contributed by atoms with Crippen molar-refractivity contribution in [2.45, 2.75) is 13.0 Å². The molecule has 1 unspecified atom stereocenters. The van der Waals surface area contributed by atoms with E-state index in [9.17, 15) is 4.79 Å². The summed E-state index contributed by atoms with van der Waals surface area (Å²) in [7, 11) is 1.58. The lowest BCUT2D eigenvalue weighted by Gasteiger charge is -2.36. The number of carbonyl (C=O) groups excluding carboxylic acids is 1. The van der Waals surface area contributed by atoms with E-state index in [0.717, 1.165) is 12.1 Å². The number of benzene rings is 1. The predicted molar refractivity (Wildman–Crippen MR) is 95.0 cm³/mol. The third-order valence-electron chi connectivity index (χ3n) is 4.28. The van der Waals surface area contributed by atoms with Crippen molar-refractivity contribution in [1.82, 2.24) is 15.2 Å². The zero-order chi connectivity index (χ0) is 17.6. The molecule has 1 fully saturated rings. The second-order valence-corrected chi connectivity index (χ2v) is 5.80. The molecule has 1 aliphatic rings. The first-order valence-corrected chi connectivity index (χ1v) is 8.47. The molecule has 3 rings (SSSR count). The molecule has 132 valence electrons. The average Bonchev–Trinajstić information content (AvgIpc) is 2.68. The molecule has 1 atom stereocenters. The Morgan fingerprint density at radius 3 is 2.96 bits per heavy atom. The highest BCUT2D eigenvalue weighted by Gasteiger charge is 2.29. The molecule has 2 heterocycles. The third-order valence-corrected chi connectivity index (χ3v) is 4.28. The Hall–Kier alpha value is -2.60. The molecule has 1 aliphatic heterocycles. The number of nitrogens with zero attached hydrogens (tertiary/aromatic N) is 2. The van der Waals surface area contributed by atoms with E-state index >= 15 is 0 Å². The molecule has 0 spiro atoms. The molecule has 6 nitrogen and oxygen atoms in total. The summed E-state index contributed by atoms with van der Waals surface area (Å²) < 4.78 is 10.9. The minimum absolute atomic E-state index is 0.0169. The van der Waals surface area contributed by atoms with E-state index in [2.05, 4.69) is 10.3 Å². The summed E-state index contributed by atoms with van der Waals surface area (Å²) in [6.07, 6.45) is 3.56. The van der Waals surface area contributed by atoms with Crippen LogP contribution in [0.25, 0.3) is 0 Å². The summed E-state index contributed by atoms with van der Waals surface area (Å²) in [4.78, 5) is 19.2. The van der Waals surface area contributed by atoms with Gasteiger partial charge < -0.3 is 19.7 Å². The summed E-state index contributed by atoms with van der Waals surface area (Å²) >= 11 is 0. The average molecular weight is 341 g/mol. The van der Waals surface area contributed by atoms with Crippen LogP contribution in [0.1, 0.15) is 28.9 Å². The normalized spacial score (nSPS) is 17.2. The standard InChI is InChI=1S/C19H23N3O3/c1-3-25-17-7-6-14(11-18(17)24-2)19(23)22-10-9-21-13-16(22)15-5-4-8-20-12-15/h4-8,11-12,16,21H,3,9-10,13H2,1-2H3. The molecule has 1 aromatic heterocycles. The highest BCUT2D eigenvalue weighted by Crippen LogP contribution is 2.30. The number of nitrogens with one attached hydrogen (secondary N) is 1. The molecule has 0 bridgehead atoms. The van der Waals surface area contributed by atoms with Crippen molar-refractivity contribution in [2.24, 2.45) is 0 Å². The molecule has 25 heavy (non-hydrogen) atoms. The summed E-state index contributed by atoms with van der Waals surface area (Å²) in [5.74, 6) is 1.20. The van der Waals surface area contributed by atoms with Crippen molar-refractivity contribution in [2.75, 3.05) is 33.4 Å². The van der Waals surface area contributed by atoms with Crippen LogP contribution in [0.4, 0.5) is 0 Å². The summed E-state index contributed by atoms with van der Waals surface area (Å²) in [6.45, 7) is 4.60. The van der Waals surface area contributed by atoms with Crippen LogP contribution in [-0.4, -0.2) is 49.1 Å². The zero-order valence-corrected chi connectivity index (χ0v) is 14.6. The number of pyridine rings is 1. The van der Waals surface area contributed by atoms with Gasteiger partial charge in [-0.1, -0.05) is 6.07 Å². The van der Waals surface area contributed by atoms with Crippen molar-refractivity contribution >= 4 is 5.91 Å². The first kappa shape index (κ1) is 17.2. The Morgan fingerprint density at radius 2 is 2.24 bits per heavy atom. The predicted octanol–water partition coefficient (Wildman–Crippen LogP) is 2.28. The molecular formula is C19H23N3O3. The second-order valence-electron chi connectivity index (χ2n) is 5.80. The van der Waals surface area contributed by atoms with Crippen molar-refractivity contribution in [3.63, 3.8) is 0 Å². The van der Waals surface area contributed by atoms with E-state index in [1.807, 2.05) is 30.2 Å². The van der Waals surface area contributed by atoms with Gasteiger partial charge in [-0.05, 0) is 36.8 Å². The highest BCUT2D eigenvalue weighted by atomic mass is 16.5. The van der Waals surface area contributed by atoms with E-state index in [4.69, 9.17) is 9.47 Å². The van der Waals surface area contributed by atoms with Gasteiger partial charge in [0, 0.05) is 37.6 Å². The summed E-state index contributed by atoms with van der Waals surface area (Å²) in [5.41, 5.74) is 1.62. The van der Waals surface area contributed by atoms with Crippen LogP contribution in [0.3, 0.4) is 0 Å². The SMILES string of the molecule is CCOc1ccc(C(=O)N2CCNCC2c2cccnc2)cc1OC. The van der Waals surface area contributed by atoms with Crippen LogP contribution in [0.5, 0.6) is 11.5 Å². The molecule has 6 heteroatoms. The molecule has 2 aromatic rings. The van der Waals surface area contributed by atoms with Crippen LogP contribution in [0.2, 0.25) is 0 Å². The van der Waals surface area contributed by atoms with E-state index in [-0.39, 0.29) is 11.9 Å². The number of rotatable bonds is 5. The third kappa shape index (κ3) is 3.74. The monoisotopic (exact) mass is 341 g/mol. The fraction of sp³-hybridized carbons (Fsp3) is 0.368. The lowest BCUT2D eigenvalue weighted by atomic mass is 10.0. The first-order chi connectivity index (χ1) is 12.2. The number of methoxy groups -OCH3 is 1. The topological polar surface area (TPSA) is 63.7 Å². The Balaban J connectivity index is 1.87. The minimum atomic E-state index is -0.0347. The van der Waals surface area contributed by atoms with Gasteiger partial charge in [0.05, 0.1) is 19.8 Å². The van der Waals surface area contributed by atoms with E-state index in [1.165, 1.54) is 0 Å². The Bertz CT molecular complexity index is 721. The maximum absolute atomic E-state index is 13.1. The molecule has 0 saturated carbocycles. The van der Waals surface area contributed by atoms with Gasteiger partial charge in [0.2, 0.25) is 0 Å². The molecule has 1 saturated heterocycles. The fourth-order valence-electron chi connectivity index (χ4n) is 3.06. The first-order valence-electron chi connectivity index (χ1n) is 8.47. The number of ether oxygens (including phenoxy) is 2. The second kappa shape index (κ2) is 7.98. The van der Waals surface area contributed by atoms with Crippen molar-refractivity contribution in [3.05, 3.63) is 53.9 Å². The number of aromatic nitrogens is 1. The lowest BCUT2D eigenvalue weighted by Crippen LogP contribution is -2.48. The molecule has 1 aromatic carbocycles. The number of hydrogen-bond donors (Lipinski definition) is 1. The molecule has 1 N–H and O–H groups in total. The molecule has 0 aliphatic carbocycles. The van der Waals surface area contributed by atoms with Gasteiger partial charge in [-0.25, -0.2) is 0 Å². The maximum atomic E-state index is 13.1. The highest BCUT2D eigenvalue weighted by molar-refractivity contribution is 5.95. The van der Waals surface area contributed by atoms with Gasteiger partial charge >= 0.3 is 0 Å². The van der Waals surface area contributed by atoms with Gasteiger partial charge in [0.25, 0.3) is 5.91 Å². The van der Waals surface area contributed by atoms with Gasteiger partial charge in [0.1, 0.15) is 0 Å². The van der Waals surface area contributed by atoms with Crippen LogP contribution in [0.15, 0.2) is 42.7 Å². The van der Waals surface area contributed by atoms with Crippen molar-refractivity contribution < 1.29 is 14.3 Å². The van der Waals surface area contributed by atoms with Gasteiger partial charge in [-0.2, -0.15) is 0 Å². The zero-order valence-electron chi connectivity index (χ0n) is 14.6. The Morgan fingerprint density at radius 1 is 1.36 bits per heavy atom. The Labute approximate surface area is 147 Å². The molecule has 0 radical (unpaired) electrons. The summed E-state index contributed by atoms with van der Waals surface area (Å²) in [5, 5.41) is 3.35. The van der Waals surface area contributed by atoms with Crippen LogP contribution >= 0.6 is 0 Å². The lowest BCUT2D eigenvalue weighted by molar-refractivity contribution is 0.0633. The van der Waals surface area contributed by atoms with Crippen LogP contribution in [-0.2, 0) is 0 Å². The van der Waals surface area contributed by atoms with Gasteiger partial charge in [-0.3, -0.25) is 9.78 Å². The van der Waals surface area contributed by atoms with E-state index < -0.39 is 0 Å². The van der Waals surface area contributed by atoms with Crippen LogP contribution < -0.4 is 14.8 Å². The smallest absolute Gasteiger partial charge is 0.254 e. The van der Waals surface area contributed by atoms with E-state index in [0.29, 0.717) is 36.8 Å². The maximum Gasteiger partial charge on any atom is 0.254 e. The summed E-state index contributed by atoms with van der Waals surface area (Å²) in [6, 6.07) is 9.19. The number of carbonyl (C=O) groups is 1. The van der Waals surface area contributed by atoms with Crippen molar-refractivity contribution in [3.8, 4) is 11.5 Å². The minimum Gasteiger partial charge on any atom is -0.493 e.